The highest BCUT2D eigenvalue weighted by Crippen LogP contribution is 2.21. The van der Waals surface area contributed by atoms with Crippen LogP contribution in [0.1, 0.15) is 11.1 Å². The van der Waals surface area contributed by atoms with Gasteiger partial charge in [0.2, 0.25) is 0 Å². The van der Waals surface area contributed by atoms with E-state index in [1.165, 1.54) is 0 Å². The molecule has 0 amide bonds. The first kappa shape index (κ1) is 9.52. The summed E-state index contributed by atoms with van der Waals surface area (Å²) in [7, 11) is 0. The van der Waals surface area contributed by atoms with Crippen LogP contribution in [0.2, 0.25) is 0 Å². The molecule has 0 aliphatic rings. The summed E-state index contributed by atoms with van der Waals surface area (Å²) in [6.07, 6.45) is 4.36. The van der Waals surface area contributed by atoms with E-state index in [-0.39, 0.29) is 0 Å². The number of hydrogen-bond acceptors (Lipinski definition) is 3. The van der Waals surface area contributed by atoms with Crippen LogP contribution in [0.3, 0.4) is 0 Å². The van der Waals surface area contributed by atoms with Crippen LogP contribution in [-0.4, -0.2) is 4.98 Å². The second-order valence-corrected chi connectivity index (χ2v) is 3.46. The zero-order chi connectivity index (χ0) is 10.7. The van der Waals surface area contributed by atoms with Crippen molar-refractivity contribution in [3.8, 4) is 0 Å². The summed E-state index contributed by atoms with van der Waals surface area (Å²) in [5.74, 6) is 0. The van der Waals surface area contributed by atoms with E-state index in [1.54, 1.807) is 6.20 Å². The number of rotatable bonds is 2. The van der Waals surface area contributed by atoms with E-state index < -0.39 is 0 Å². The number of hydrogen-bond donors (Lipinski definition) is 2. The van der Waals surface area contributed by atoms with Gasteiger partial charge in [-0.1, -0.05) is 18.2 Å². The van der Waals surface area contributed by atoms with Crippen molar-refractivity contribution in [2.45, 2.75) is 6.42 Å². The van der Waals surface area contributed by atoms with Gasteiger partial charge in [-0.2, -0.15) is 0 Å². The Morgan fingerprint density at radius 1 is 1.07 bits per heavy atom. The van der Waals surface area contributed by atoms with E-state index in [4.69, 9.17) is 11.5 Å². The minimum Gasteiger partial charge on any atom is -0.397 e. The maximum atomic E-state index is 5.89. The van der Waals surface area contributed by atoms with Crippen molar-refractivity contribution in [1.29, 1.82) is 0 Å². The zero-order valence-corrected chi connectivity index (χ0v) is 8.35. The van der Waals surface area contributed by atoms with E-state index in [0.717, 1.165) is 17.5 Å². The number of nitrogens with two attached hydrogens (primary N) is 2. The maximum absolute atomic E-state index is 5.89. The van der Waals surface area contributed by atoms with Gasteiger partial charge in [0.15, 0.2) is 0 Å². The third-order valence-corrected chi connectivity index (χ3v) is 2.35. The quantitative estimate of drug-likeness (QED) is 0.725. The molecule has 0 unspecified atom stereocenters. The minimum atomic E-state index is 0.636. The summed E-state index contributed by atoms with van der Waals surface area (Å²) in [5.41, 5.74) is 15.1. The molecule has 1 aromatic heterocycles. The van der Waals surface area contributed by atoms with Gasteiger partial charge in [0, 0.05) is 18.8 Å². The first-order chi connectivity index (χ1) is 7.27. The Bertz CT molecular complexity index is 452. The number of nitrogen functional groups attached to an aromatic ring is 2. The van der Waals surface area contributed by atoms with Crippen LogP contribution in [0.15, 0.2) is 42.7 Å². The van der Waals surface area contributed by atoms with Gasteiger partial charge in [-0.15, -0.1) is 0 Å². The molecule has 0 saturated heterocycles. The third kappa shape index (κ3) is 2.07. The largest absolute Gasteiger partial charge is 0.397 e. The molecule has 15 heavy (non-hydrogen) atoms. The van der Waals surface area contributed by atoms with Gasteiger partial charge in [-0.3, -0.25) is 4.98 Å². The highest BCUT2D eigenvalue weighted by atomic mass is 14.7. The van der Waals surface area contributed by atoms with Crippen molar-refractivity contribution in [1.82, 2.24) is 4.98 Å². The molecule has 76 valence electrons. The number of aromatic nitrogens is 1. The molecule has 0 aliphatic heterocycles. The Morgan fingerprint density at radius 2 is 1.93 bits per heavy atom. The smallest absolute Gasteiger partial charge is 0.0583 e. The third-order valence-electron chi connectivity index (χ3n) is 2.35. The summed E-state index contributed by atoms with van der Waals surface area (Å²) in [5, 5.41) is 0. The van der Waals surface area contributed by atoms with Crippen molar-refractivity contribution >= 4 is 11.4 Å². The van der Waals surface area contributed by atoms with Crippen molar-refractivity contribution < 1.29 is 0 Å². The zero-order valence-electron chi connectivity index (χ0n) is 8.35. The fraction of sp³-hybridized carbons (Fsp3) is 0.0833. The van der Waals surface area contributed by atoms with Gasteiger partial charge in [0.25, 0.3) is 0 Å². The van der Waals surface area contributed by atoms with Crippen LogP contribution in [0.5, 0.6) is 0 Å². The van der Waals surface area contributed by atoms with Crippen molar-refractivity contribution in [2.75, 3.05) is 11.5 Å². The monoisotopic (exact) mass is 199 g/mol. The van der Waals surface area contributed by atoms with E-state index in [0.29, 0.717) is 11.4 Å². The molecule has 0 fully saturated rings. The van der Waals surface area contributed by atoms with Gasteiger partial charge in [0.1, 0.15) is 0 Å². The normalized spacial score (nSPS) is 10.1. The van der Waals surface area contributed by atoms with E-state index in [1.807, 2.05) is 36.5 Å². The van der Waals surface area contributed by atoms with Crippen LogP contribution in [-0.2, 0) is 6.42 Å². The average Bonchev–Trinajstić information content (AvgIpc) is 2.26. The second-order valence-electron chi connectivity index (χ2n) is 3.46. The van der Waals surface area contributed by atoms with Crippen molar-refractivity contribution in [3.63, 3.8) is 0 Å². The van der Waals surface area contributed by atoms with Crippen LogP contribution < -0.4 is 11.5 Å². The Morgan fingerprint density at radius 3 is 2.67 bits per heavy atom. The average molecular weight is 199 g/mol. The number of nitrogens with zero attached hydrogens (tertiary/aromatic N) is 1. The first-order valence-electron chi connectivity index (χ1n) is 4.79. The summed E-state index contributed by atoms with van der Waals surface area (Å²) < 4.78 is 0. The standard InChI is InChI=1S/C12H13N3/c13-11-5-1-4-10(12(11)14)7-9-3-2-6-15-8-9/h1-6,8H,7,13-14H2. The fourth-order valence-electron chi connectivity index (χ4n) is 1.51. The summed E-state index contributed by atoms with van der Waals surface area (Å²) in [4.78, 5) is 4.06. The summed E-state index contributed by atoms with van der Waals surface area (Å²) in [6, 6.07) is 9.64. The topological polar surface area (TPSA) is 64.9 Å². The molecule has 0 aliphatic carbocycles. The summed E-state index contributed by atoms with van der Waals surface area (Å²) in [6.45, 7) is 0. The Labute approximate surface area is 88.8 Å². The molecule has 3 nitrogen and oxygen atoms in total. The first-order valence-corrected chi connectivity index (χ1v) is 4.79. The summed E-state index contributed by atoms with van der Waals surface area (Å²) >= 11 is 0. The van der Waals surface area contributed by atoms with E-state index in [9.17, 15) is 0 Å². The number of anilines is 2. The number of para-hydroxylation sites is 1. The van der Waals surface area contributed by atoms with Crippen molar-refractivity contribution in [2.24, 2.45) is 0 Å². The Kier molecular flexibility index (Phi) is 2.54. The second kappa shape index (κ2) is 4.00. The molecule has 0 spiro atoms. The van der Waals surface area contributed by atoms with Crippen LogP contribution >= 0.6 is 0 Å². The van der Waals surface area contributed by atoms with E-state index >= 15 is 0 Å². The number of benzene rings is 1. The van der Waals surface area contributed by atoms with E-state index in [2.05, 4.69) is 4.98 Å². The molecule has 2 rings (SSSR count). The van der Waals surface area contributed by atoms with Gasteiger partial charge >= 0.3 is 0 Å². The van der Waals surface area contributed by atoms with Gasteiger partial charge in [-0.05, 0) is 23.3 Å². The molecule has 0 saturated carbocycles. The highest BCUT2D eigenvalue weighted by molar-refractivity contribution is 5.67. The van der Waals surface area contributed by atoms with Crippen LogP contribution in [0.25, 0.3) is 0 Å². The number of pyridine rings is 1. The van der Waals surface area contributed by atoms with Gasteiger partial charge < -0.3 is 11.5 Å². The SMILES string of the molecule is Nc1cccc(Cc2cccnc2)c1N. The molecule has 3 heteroatoms. The molecule has 4 N–H and O–H groups in total. The Balaban J connectivity index is 2.29. The van der Waals surface area contributed by atoms with Crippen LogP contribution in [0, 0.1) is 0 Å². The Hall–Kier alpha value is -2.03. The molecular formula is C12H13N3. The minimum absolute atomic E-state index is 0.636. The maximum Gasteiger partial charge on any atom is 0.0583 e. The highest BCUT2D eigenvalue weighted by Gasteiger charge is 2.02. The lowest BCUT2D eigenvalue weighted by Crippen LogP contribution is -2.00. The molecule has 2 aromatic rings. The lowest BCUT2D eigenvalue weighted by Gasteiger charge is -2.07. The molecule has 0 radical (unpaired) electrons. The molecule has 0 atom stereocenters. The lowest BCUT2D eigenvalue weighted by atomic mass is 10.0. The fourth-order valence-corrected chi connectivity index (χ4v) is 1.51. The van der Waals surface area contributed by atoms with Crippen LogP contribution in [0.4, 0.5) is 11.4 Å². The van der Waals surface area contributed by atoms with Crippen molar-refractivity contribution in [3.05, 3.63) is 53.9 Å². The predicted octanol–water partition coefficient (Wildman–Crippen LogP) is 1.84. The van der Waals surface area contributed by atoms with Gasteiger partial charge in [0.05, 0.1) is 11.4 Å². The lowest BCUT2D eigenvalue weighted by molar-refractivity contribution is 1.15. The molecule has 1 heterocycles. The molecule has 0 bridgehead atoms. The molecule has 1 aromatic carbocycles. The van der Waals surface area contributed by atoms with Gasteiger partial charge in [-0.25, -0.2) is 0 Å². The predicted molar refractivity (Wildman–Crippen MR) is 62.3 cm³/mol. The molecular weight excluding hydrogens is 186 g/mol.